The van der Waals surface area contributed by atoms with E-state index in [0.717, 1.165) is 53.8 Å². The molecular formula is C27H42N4O2S2. The molecule has 35 heavy (non-hydrogen) atoms. The quantitative estimate of drug-likeness (QED) is 0.210. The number of hydrogen-bond acceptors (Lipinski definition) is 4. The smallest absolute Gasteiger partial charge is 0.166 e. The summed E-state index contributed by atoms with van der Waals surface area (Å²) >= 11 is 10.4. The number of rotatable bonds is 13. The van der Waals surface area contributed by atoms with Gasteiger partial charge in [-0.05, 0) is 72.7 Å². The molecule has 0 heterocycles. The van der Waals surface area contributed by atoms with Crippen molar-refractivity contribution >= 4 is 34.7 Å². The molecular weight excluding hydrogens is 476 g/mol. The highest BCUT2D eigenvalue weighted by Gasteiger charge is 1.99. The third-order valence-corrected chi connectivity index (χ3v) is 5.60. The maximum atomic E-state index is 5.24. The van der Waals surface area contributed by atoms with E-state index in [0.29, 0.717) is 11.7 Å². The zero-order chi connectivity index (χ0) is 25.7. The van der Waals surface area contributed by atoms with Gasteiger partial charge in [-0.15, -0.1) is 0 Å². The molecule has 0 bridgehead atoms. The Balaban J connectivity index is 0.000000355. The molecule has 194 valence electrons. The summed E-state index contributed by atoms with van der Waals surface area (Å²) in [5.41, 5.74) is 2.31. The maximum absolute atomic E-state index is 5.24. The normalized spacial score (nSPS) is 9.83. The summed E-state index contributed by atoms with van der Waals surface area (Å²) < 4.78 is 10.3. The van der Waals surface area contributed by atoms with Gasteiger partial charge >= 0.3 is 0 Å². The SMILES string of the molecule is CCCCCCNC(=S)NCc1cccc(OC)c1.CCCNC(=S)NCc1cccc(OC)c1. The first-order chi connectivity index (χ1) is 17.0. The van der Waals surface area contributed by atoms with Crippen LogP contribution in [-0.4, -0.2) is 37.5 Å². The van der Waals surface area contributed by atoms with Gasteiger partial charge in [0.2, 0.25) is 0 Å². The van der Waals surface area contributed by atoms with Crippen molar-refractivity contribution in [1.82, 2.24) is 21.3 Å². The highest BCUT2D eigenvalue weighted by molar-refractivity contribution is 7.80. The van der Waals surface area contributed by atoms with E-state index in [4.69, 9.17) is 33.9 Å². The molecule has 2 aromatic carbocycles. The fourth-order valence-electron chi connectivity index (χ4n) is 3.05. The van der Waals surface area contributed by atoms with Crippen molar-refractivity contribution in [2.75, 3.05) is 27.3 Å². The summed E-state index contributed by atoms with van der Waals surface area (Å²) in [6.45, 7) is 7.62. The lowest BCUT2D eigenvalue weighted by Gasteiger charge is -2.11. The first-order valence-corrected chi connectivity index (χ1v) is 13.1. The van der Waals surface area contributed by atoms with Gasteiger partial charge < -0.3 is 30.7 Å². The van der Waals surface area contributed by atoms with Crippen molar-refractivity contribution < 1.29 is 9.47 Å². The fraction of sp³-hybridized carbons (Fsp3) is 0.481. The van der Waals surface area contributed by atoms with E-state index in [1.807, 2.05) is 42.5 Å². The van der Waals surface area contributed by atoms with Crippen molar-refractivity contribution in [3.8, 4) is 11.5 Å². The van der Waals surface area contributed by atoms with Crippen LogP contribution in [0.15, 0.2) is 48.5 Å². The molecule has 0 spiro atoms. The molecule has 0 radical (unpaired) electrons. The fourth-order valence-corrected chi connectivity index (χ4v) is 3.40. The second-order valence-corrected chi connectivity index (χ2v) is 8.80. The second-order valence-electron chi connectivity index (χ2n) is 7.98. The van der Waals surface area contributed by atoms with Gasteiger partial charge in [-0.3, -0.25) is 0 Å². The standard InChI is InChI=1S/C15H24N2OS.C12H18N2OS/c1-3-4-5-6-10-16-15(19)17-12-13-8-7-9-14(11-13)18-2;1-3-7-13-12(16)14-9-10-5-4-6-11(8-10)15-2/h7-9,11H,3-6,10,12H2,1-2H3,(H2,16,17,19);4-6,8H,3,7,9H2,1-2H3,(H2,13,14,16). The molecule has 0 amide bonds. The third kappa shape index (κ3) is 15.1. The van der Waals surface area contributed by atoms with Gasteiger partial charge in [-0.2, -0.15) is 0 Å². The molecule has 0 aliphatic carbocycles. The summed E-state index contributed by atoms with van der Waals surface area (Å²) in [7, 11) is 3.34. The Morgan fingerprint density at radius 3 is 1.63 bits per heavy atom. The van der Waals surface area contributed by atoms with E-state index in [1.165, 1.54) is 25.7 Å². The van der Waals surface area contributed by atoms with Crippen LogP contribution in [0, 0.1) is 0 Å². The molecule has 0 aromatic heterocycles. The van der Waals surface area contributed by atoms with Crippen LogP contribution in [0.4, 0.5) is 0 Å². The molecule has 4 N–H and O–H groups in total. The van der Waals surface area contributed by atoms with Gasteiger partial charge in [0.25, 0.3) is 0 Å². The van der Waals surface area contributed by atoms with Crippen molar-refractivity contribution in [1.29, 1.82) is 0 Å². The van der Waals surface area contributed by atoms with Crippen LogP contribution >= 0.6 is 24.4 Å². The van der Waals surface area contributed by atoms with E-state index in [9.17, 15) is 0 Å². The molecule has 0 saturated carbocycles. The molecule has 6 nitrogen and oxygen atoms in total. The lowest BCUT2D eigenvalue weighted by molar-refractivity contribution is 0.414. The average Bonchev–Trinajstić information content (AvgIpc) is 2.90. The Labute approximate surface area is 222 Å². The molecule has 0 unspecified atom stereocenters. The minimum Gasteiger partial charge on any atom is -0.497 e. The minimum atomic E-state index is 0.699. The number of unbranched alkanes of at least 4 members (excludes halogenated alkanes) is 3. The molecule has 8 heteroatoms. The zero-order valence-electron chi connectivity index (χ0n) is 21.6. The lowest BCUT2D eigenvalue weighted by Crippen LogP contribution is -2.35. The molecule has 2 rings (SSSR count). The predicted octanol–water partition coefficient (Wildman–Crippen LogP) is 5.31. The third-order valence-electron chi connectivity index (χ3n) is 5.03. The molecule has 0 aliphatic heterocycles. The van der Waals surface area contributed by atoms with E-state index < -0.39 is 0 Å². The summed E-state index contributed by atoms with van der Waals surface area (Å²) in [5, 5.41) is 14.1. The largest absolute Gasteiger partial charge is 0.497 e. The highest BCUT2D eigenvalue weighted by Crippen LogP contribution is 2.12. The van der Waals surface area contributed by atoms with Crippen molar-refractivity contribution in [3.05, 3.63) is 59.7 Å². The van der Waals surface area contributed by atoms with Gasteiger partial charge in [-0.25, -0.2) is 0 Å². The number of methoxy groups -OCH3 is 2. The van der Waals surface area contributed by atoms with E-state index >= 15 is 0 Å². The van der Waals surface area contributed by atoms with Gasteiger partial charge in [0.1, 0.15) is 11.5 Å². The van der Waals surface area contributed by atoms with E-state index in [1.54, 1.807) is 14.2 Å². The minimum absolute atomic E-state index is 0.699. The highest BCUT2D eigenvalue weighted by atomic mass is 32.1. The molecule has 0 atom stereocenters. The van der Waals surface area contributed by atoms with Crippen LogP contribution in [0.2, 0.25) is 0 Å². The maximum Gasteiger partial charge on any atom is 0.166 e. The van der Waals surface area contributed by atoms with Gasteiger partial charge in [0, 0.05) is 26.2 Å². The van der Waals surface area contributed by atoms with Crippen LogP contribution < -0.4 is 30.7 Å². The van der Waals surface area contributed by atoms with Crippen LogP contribution in [0.25, 0.3) is 0 Å². The topological polar surface area (TPSA) is 66.6 Å². The van der Waals surface area contributed by atoms with Crippen LogP contribution in [0.5, 0.6) is 11.5 Å². The monoisotopic (exact) mass is 518 g/mol. The van der Waals surface area contributed by atoms with Crippen LogP contribution in [0.1, 0.15) is 57.1 Å². The van der Waals surface area contributed by atoms with Gasteiger partial charge in [-0.1, -0.05) is 57.4 Å². The van der Waals surface area contributed by atoms with Gasteiger partial charge in [0.05, 0.1) is 14.2 Å². The Morgan fingerprint density at radius 2 is 1.17 bits per heavy atom. The summed E-state index contributed by atoms with van der Waals surface area (Å²) in [4.78, 5) is 0. The van der Waals surface area contributed by atoms with Gasteiger partial charge in [0.15, 0.2) is 10.2 Å². The van der Waals surface area contributed by atoms with Crippen molar-refractivity contribution in [3.63, 3.8) is 0 Å². The van der Waals surface area contributed by atoms with Crippen LogP contribution in [-0.2, 0) is 13.1 Å². The van der Waals surface area contributed by atoms with Crippen molar-refractivity contribution in [2.45, 2.75) is 59.0 Å². The van der Waals surface area contributed by atoms with E-state index in [2.05, 4.69) is 41.2 Å². The molecule has 0 saturated heterocycles. The average molecular weight is 519 g/mol. The second kappa shape index (κ2) is 19.7. The Hall–Kier alpha value is -2.58. The molecule has 2 aromatic rings. The number of nitrogens with one attached hydrogen (secondary N) is 4. The van der Waals surface area contributed by atoms with Crippen LogP contribution in [0.3, 0.4) is 0 Å². The molecule has 0 fully saturated rings. The zero-order valence-corrected chi connectivity index (χ0v) is 23.2. The lowest BCUT2D eigenvalue weighted by atomic mass is 10.2. The first-order valence-electron chi connectivity index (χ1n) is 12.3. The Bertz CT molecular complexity index is 865. The summed E-state index contributed by atoms with van der Waals surface area (Å²) in [6.07, 6.45) is 6.07. The number of hydrogen-bond donors (Lipinski definition) is 4. The Morgan fingerprint density at radius 1 is 0.657 bits per heavy atom. The summed E-state index contributed by atoms with van der Waals surface area (Å²) in [5.74, 6) is 1.74. The number of benzene rings is 2. The van der Waals surface area contributed by atoms with E-state index in [-0.39, 0.29) is 0 Å². The first kappa shape index (κ1) is 30.5. The predicted molar refractivity (Wildman–Crippen MR) is 155 cm³/mol. The number of ether oxygens (including phenoxy) is 2. The van der Waals surface area contributed by atoms with Crippen molar-refractivity contribution in [2.24, 2.45) is 0 Å². The number of thiocarbonyl (C=S) groups is 2. The Kier molecular flexibility index (Phi) is 17.1. The summed E-state index contributed by atoms with van der Waals surface area (Å²) in [6, 6.07) is 15.9. The molecule has 0 aliphatic rings.